The number of benzene rings is 1. The van der Waals surface area contributed by atoms with E-state index >= 15 is 0 Å². The van der Waals surface area contributed by atoms with Crippen LogP contribution in [0.5, 0.6) is 5.06 Å². The average molecular weight is 513 g/mol. The molecule has 0 unspecified atom stereocenters. The third-order valence-corrected chi connectivity index (χ3v) is 6.92. The molecule has 1 aromatic carbocycles. The van der Waals surface area contributed by atoms with Crippen LogP contribution in [0.25, 0.3) is 10.9 Å². The highest BCUT2D eigenvalue weighted by Crippen LogP contribution is 2.30. The standard InChI is InChI=1S/C24H28N6O5S/c1-14-7-16(9-20(25)31)24(36-14)35-12-21(32)30-6-5-29(23(33)19(30)11-34-2)10-15-3-4-17-18(8-15)27-13-28-22(17)26/h3-4,7-8,13,19H,5-6,9-12H2,1-2H3,(H2,25,31)(H2,26,27,28)/t19-/m0/s1. The van der Waals surface area contributed by atoms with E-state index in [0.29, 0.717) is 41.6 Å². The molecule has 0 saturated carbocycles. The molecule has 3 heterocycles. The summed E-state index contributed by atoms with van der Waals surface area (Å²) < 4.78 is 11.0. The van der Waals surface area contributed by atoms with Crippen LogP contribution in [0, 0.1) is 6.92 Å². The topological polar surface area (TPSA) is 154 Å². The molecule has 2 aromatic heterocycles. The number of fused-ring (bicyclic) bond motifs is 1. The predicted molar refractivity (Wildman–Crippen MR) is 134 cm³/mol. The minimum absolute atomic E-state index is 0.0325. The summed E-state index contributed by atoms with van der Waals surface area (Å²) in [5.41, 5.74) is 13.5. The number of hydrogen-bond acceptors (Lipinski definition) is 9. The summed E-state index contributed by atoms with van der Waals surface area (Å²) in [6.45, 7) is 2.75. The molecule has 0 radical (unpaired) electrons. The molecule has 1 aliphatic heterocycles. The zero-order valence-corrected chi connectivity index (χ0v) is 20.9. The number of piperazine rings is 1. The molecule has 1 fully saturated rings. The highest BCUT2D eigenvalue weighted by atomic mass is 32.1. The Morgan fingerprint density at radius 3 is 2.78 bits per heavy atom. The van der Waals surface area contributed by atoms with Crippen LogP contribution in [0.2, 0.25) is 0 Å². The van der Waals surface area contributed by atoms with Crippen molar-refractivity contribution in [3.05, 3.63) is 46.6 Å². The van der Waals surface area contributed by atoms with Crippen LogP contribution < -0.4 is 16.2 Å². The summed E-state index contributed by atoms with van der Waals surface area (Å²) in [5.74, 6) is -0.621. The number of primary amides is 1. The molecule has 3 aromatic rings. The molecule has 190 valence electrons. The number of rotatable bonds is 9. The number of aryl methyl sites for hydroxylation is 1. The zero-order valence-electron chi connectivity index (χ0n) is 20.1. The van der Waals surface area contributed by atoms with E-state index in [4.69, 9.17) is 20.9 Å². The normalized spacial score (nSPS) is 15.9. The Bertz CT molecular complexity index is 1300. The SMILES string of the molecule is COC[C@H]1C(=O)N(Cc2ccc3c(N)ncnc3c2)CCN1C(=O)COc1sc(C)cc1CC(N)=O. The number of carbonyl (C=O) groups excluding carboxylic acids is 3. The van der Waals surface area contributed by atoms with E-state index < -0.39 is 11.9 Å². The van der Waals surface area contributed by atoms with Gasteiger partial charge < -0.3 is 30.7 Å². The van der Waals surface area contributed by atoms with Crippen LogP contribution in [0.3, 0.4) is 0 Å². The summed E-state index contributed by atoms with van der Waals surface area (Å²) in [5, 5.41) is 1.23. The van der Waals surface area contributed by atoms with Crippen molar-refractivity contribution >= 4 is 45.8 Å². The van der Waals surface area contributed by atoms with Crippen molar-refractivity contribution in [3.63, 3.8) is 0 Å². The molecule has 1 saturated heterocycles. The lowest BCUT2D eigenvalue weighted by molar-refractivity contribution is -0.155. The first kappa shape index (κ1) is 25.3. The van der Waals surface area contributed by atoms with Gasteiger partial charge in [0, 0.05) is 42.6 Å². The third kappa shape index (κ3) is 5.55. The lowest BCUT2D eigenvalue weighted by Crippen LogP contribution is -2.60. The quantitative estimate of drug-likeness (QED) is 0.428. The lowest BCUT2D eigenvalue weighted by atomic mass is 10.1. The summed E-state index contributed by atoms with van der Waals surface area (Å²) in [6.07, 6.45) is 1.44. The van der Waals surface area contributed by atoms with Gasteiger partial charge in [0.05, 0.1) is 18.5 Å². The number of hydrogen-bond donors (Lipinski definition) is 2. The van der Waals surface area contributed by atoms with Gasteiger partial charge in [-0.1, -0.05) is 6.07 Å². The van der Waals surface area contributed by atoms with Crippen molar-refractivity contribution in [2.24, 2.45) is 5.73 Å². The number of nitrogens with zero attached hydrogens (tertiary/aromatic N) is 4. The minimum atomic E-state index is -0.770. The number of nitrogen functional groups attached to an aromatic ring is 1. The van der Waals surface area contributed by atoms with Crippen LogP contribution in [0.1, 0.15) is 16.0 Å². The molecule has 3 amide bonds. The van der Waals surface area contributed by atoms with Gasteiger partial charge in [0.1, 0.15) is 18.2 Å². The number of thiophene rings is 1. The van der Waals surface area contributed by atoms with Crippen LogP contribution in [0.4, 0.5) is 5.82 Å². The Balaban J connectivity index is 1.43. The zero-order chi connectivity index (χ0) is 25.8. The minimum Gasteiger partial charge on any atom is -0.474 e. The summed E-state index contributed by atoms with van der Waals surface area (Å²) in [6, 6.07) is 6.65. The molecule has 1 aliphatic rings. The maximum absolute atomic E-state index is 13.3. The fourth-order valence-electron chi connectivity index (χ4n) is 4.24. The van der Waals surface area contributed by atoms with Crippen molar-refractivity contribution < 1.29 is 23.9 Å². The maximum atomic E-state index is 13.3. The van der Waals surface area contributed by atoms with Gasteiger partial charge in [-0.05, 0) is 30.7 Å². The van der Waals surface area contributed by atoms with Crippen molar-refractivity contribution in [2.75, 3.05) is 39.1 Å². The first-order valence-electron chi connectivity index (χ1n) is 11.3. The smallest absolute Gasteiger partial charge is 0.261 e. The van der Waals surface area contributed by atoms with E-state index in [0.717, 1.165) is 15.8 Å². The van der Waals surface area contributed by atoms with Gasteiger partial charge in [-0.15, -0.1) is 11.3 Å². The Labute approximate surface area is 212 Å². The lowest BCUT2D eigenvalue weighted by Gasteiger charge is -2.40. The third-order valence-electron chi connectivity index (χ3n) is 5.92. The molecular weight excluding hydrogens is 484 g/mol. The Hall–Kier alpha value is -3.77. The summed E-state index contributed by atoms with van der Waals surface area (Å²) in [7, 11) is 1.49. The molecule has 0 spiro atoms. The molecule has 0 aliphatic carbocycles. The fraction of sp³-hybridized carbons (Fsp3) is 0.375. The van der Waals surface area contributed by atoms with Crippen molar-refractivity contribution in [1.29, 1.82) is 0 Å². The molecule has 4 N–H and O–H groups in total. The van der Waals surface area contributed by atoms with Gasteiger partial charge in [0.15, 0.2) is 11.7 Å². The van der Waals surface area contributed by atoms with Gasteiger partial charge in [-0.3, -0.25) is 14.4 Å². The second-order valence-electron chi connectivity index (χ2n) is 8.53. The Morgan fingerprint density at radius 1 is 1.22 bits per heavy atom. The fourth-order valence-corrected chi connectivity index (χ4v) is 5.12. The van der Waals surface area contributed by atoms with E-state index in [9.17, 15) is 14.4 Å². The van der Waals surface area contributed by atoms with E-state index in [1.165, 1.54) is 29.7 Å². The number of nitrogens with two attached hydrogens (primary N) is 2. The number of methoxy groups -OCH3 is 1. The van der Waals surface area contributed by atoms with Crippen LogP contribution >= 0.6 is 11.3 Å². The molecule has 4 rings (SSSR count). The predicted octanol–water partition coefficient (Wildman–Crippen LogP) is 0.875. The van der Waals surface area contributed by atoms with Crippen molar-refractivity contribution in [1.82, 2.24) is 19.8 Å². The van der Waals surface area contributed by atoms with Crippen LogP contribution in [-0.2, 0) is 32.1 Å². The summed E-state index contributed by atoms with van der Waals surface area (Å²) >= 11 is 1.34. The molecule has 1 atom stereocenters. The van der Waals surface area contributed by atoms with E-state index in [2.05, 4.69) is 9.97 Å². The monoisotopic (exact) mass is 512 g/mol. The Morgan fingerprint density at radius 2 is 2.03 bits per heavy atom. The number of ether oxygens (including phenoxy) is 2. The van der Waals surface area contributed by atoms with E-state index in [1.54, 1.807) is 4.90 Å². The molecule has 12 heteroatoms. The largest absolute Gasteiger partial charge is 0.474 e. The molecule has 0 bridgehead atoms. The highest BCUT2D eigenvalue weighted by molar-refractivity contribution is 7.14. The second-order valence-corrected chi connectivity index (χ2v) is 9.75. The van der Waals surface area contributed by atoms with Gasteiger partial charge in [-0.25, -0.2) is 9.97 Å². The van der Waals surface area contributed by atoms with Gasteiger partial charge in [0.2, 0.25) is 11.8 Å². The average Bonchev–Trinajstić information content (AvgIpc) is 3.18. The van der Waals surface area contributed by atoms with Gasteiger partial charge >= 0.3 is 0 Å². The molecular formula is C24H28N6O5S. The molecule has 11 nitrogen and oxygen atoms in total. The molecule has 36 heavy (non-hydrogen) atoms. The van der Waals surface area contributed by atoms with E-state index in [1.807, 2.05) is 31.2 Å². The van der Waals surface area contributed by atoms with Gasteiger partial charge in [0.25, 0.3) is 5.91 Å². The number of carbonyl (C=O) groups is 3. The number of anilines is 1. The second kappa shape index (κ2) is 10.9. The number of amides is 3. The highest BCUT2D eigenvalue weighted by Gasteiger charge is 2.37. The van der Waals surface area contributed by atoms with E-state index in [-0.39, 0.29) is 31.4 Å². The van der Waals surface area contributed by atoms with Crippen LogP contribution in [-0.4, -0.2) is 76.9 Å². The number of aromatic nitrogens is 2. The first-order valence-corrected chi connectivity index (χ1v) is 12.1. The Kier molecular flexibility index (Phi) is 7.65. The maximum Gasteiger partial charge on any atom is 0.261 e. The van der Waals surface area contributed by atoms with Crippen LogP contribution in [0.15, 0.2) is 30.6 Å². The summed E-state index contributed by atoms with van der Waals surface area (Å²) in [4.78, 5) is 50.1. The first-order chi connectivity index (χ1) is 17.3. The van der Waals surface area contributed by atoms with Crippen molar-refractivity contribution in [2.45, 2.75) is 25.9 Å². The van der Waals surface area contributed by atoms with Crippen molar-refractivity contribution in [3.8, 4) is 5.06 Å². The van der Waals surface area contributed by atoms with Gasteiger partial charge in [-0.2, -0.15) is 0 Å².